The lowest BCUT2D eigenvalue weighted by molar-refractivity contribution is -0.120. The van der Waals surface area contributed by atoms with E-state index in [4.69, 9.17) is 19.7 Å². The van der Waals surface area contributed by atoms with Crippen LogP contribution in [0.4, 0.5) is 5.95 Å². The molecule has 5 atom stereocenters. The molecule has 4 N–H and O–H groups in total. The van der Waals surface area contributed by atoms with Gasteiger partial charge in [0, 0.05) is 13.5 Å². The first-order valence-electron chi connectivity index (χ1n) is 8.39. The molecule has 4 heterocycles. The third-order valence-electron chi connectivity index (χ3n) is 5.09. The molecule has 0 aromatic carbocycles. The number of phosphoric ester groups is 1. The Hall–Kier alpha value is -1.82. The summed E-state index contributed by atoms with van der Waals surface area (Å²) in [5.74, 6) is -0.0617. The van der Waals surface area contributed by atoms with E-state index in [9.17, 15) is 14.3 Å². The summed E-state index contributed by atoms with van der Waals surface area (Å²) < 4.78 is 35.6. The number of nitrogens with zero attached hydrogens (tertiary/aromatic N) is 3. The fraction of sp³-hybridized carbons (Fsp3) is 0.643. The highest BCUT2D eigenvalue weighted by Gasteiger charge is 2.60. The van der Waals surface area contributed by atoms with Crippen molar-refractivity contribution in [1.82, 2.24) is 19.5 Å². The zero-order valence-electron chi connectivity index (χ0n) is 14.7. The van der Waals surface area contributed by atoms with Crippen molar-refractivity contribution in [2.75, 3.05) is 19.5 Å². The molecule has 2 bridgehead atoms. The van der Waals surface area contributed by atoms with Crippen molar-refractivity contribution in [2.45, 2.75) is 43.8 Å². The minimum Gasteiger partial charge on any atom is -0.371 e. The second-order valence-corrected chi connectivity index (χ2v) is 7.98. The molecule has 4 rings (SSSR count). The van der Waals surface area contributed by atoms with E-state index in [0.717, 1.165) is 7.11 Å². The number of nitrogens with two attached hydrogens (primary N) is 1. The minimum atomic E-state index is -4.27. The van der Waals surface area contributed by atoms with Crippen molar-refractivity contribution in [2.24, 2.45) is 0 Å². The molecule has 148 valence electrons. The van der Waals surface area contributed by atoms with Gasteiger partial charge in [-0.1, -0.05) is 6.92 Å². The number of nitrogens with one attached hydrogen (secondary N) is 1. The van der Waals surface area contributed by atoms with Gasteiger partial charge in [0.25, 0.3) is 5.56 Å². The molecule has 0 aliphatic carbocycles. The Morgan fingerprint density at radius 1 is 1.59 bits per heavy atom. The summed E-state index contributed by atoms with van der Waals surface area (Å²) >= 11 is 0. The maximum atomic E-state index is 12.0. The van der Waals surface area contributed by atoms with Crippen LogP contribution in [0.15, 0.2) is 11.1 Å². The summed E-state index contributed by atoms with van der Waals surface area (Å²) in [5, 5.41) is 0. The van der Waals surface area contributed by atoms with E-state index in [0.29, 0.717) is 19.4 Å². The number of nitrogen functional groups attached to an aromatic ring is 1. The largest absolute Gasteiger partial charge is 0.472 e. The van der Waals surface area contributed by atoms with Crippen LogP contribution in [0, 0.1) is 0 Å². The molecule has 2 aliphatic heterocycles. The number of aromatic amines is 1. The smallest absolute Gasteiger partial charge is 0.371 e. The van der Waals surface area contributed by atoms with Gasteiger partial charge >= 0.3 is 7.82 Å². The zero-order chi connectivity index (χ0) is 19.4. The number of imidazole rings is 1. The van der Waals surface area contributed by atoms with Gasteiger partial charge in [0.1, 0.15) is 17.8 Å². The number of hydrogen-bond donors (Lipinski definition) is 3. The van der Waals surface area contributed by atoms with Crippen LogP contribution in [0.5, 0.6) is 0 Å². The Balaban J connectivity index is 1.79. The number of H-pyrrole nitrogens is 1. The lowest BCUT2D eigenvalue weighted by Gasteiger charge is -2.37. The second-order valence-electron chi connectivity index (χ2n) is 6.46. The van der Waals surface area contributed by atoms with Crippen molar-refractivity contribution in [3.8, 4) is 0 Å². The maximum Gasteiger partial charge on any atom is 0.472 e. The number of hydrogen-bond acceptors (Lipinski definition) is 9. The molecule has 2 aliphatic rings. The lowest BCUT2D eigenvalue weighted by Crippen LogP contribution is -2.49. The van der Waals surface area contributed by atoms with Gasteiger partial charge in [0.2, 0.25) is 5.95 Å². The minimum absolute atomic E-state index is 0.0617. The Morgan fingerprint density at radius 3 is 3.07 bits per heavy atom. The molecule has 12 nitrogen and oxygen atoms in total. The number of fused-ring (bicyclic) bond motifs is 3. The molecule has 0 spiro atoms. The molecule has 2 aromatic rings. The quantitative estimate of drug-likeness (QED) is 0.594. The summed E-state index contributed by atoms with van der Waals surface area (Å²) in [6, 6.07) is 0. The summed E-state index contributed by atoms with van der Waals surface area (Å²) in [5.41, 5.74) is 4.64. The van der Waals surface area contributed by atoms with Crippen molar-refractivity contribution >= 4 is 24.9 Å². The van der Waals surface area contributed by atoms with Gasteiger partial charge in [0.15, 0.2) is 17.4 Å². The average molecular weight is 401 g/mol. The molecule has 0 saturated carbocycles. The van der Waals surface area contributed by atoms with Gasteiger partial charge in [-0.2, -0.15) is 4.98 Å². The fourth-order valence-electron chi connectivity index (χ4n) is 3.71. The van der Waals surface area contributed by atoms with Gasteiger partial charge in [-0.25, -0.2) is 9.55 Å². The Kier molecular flexibility index (Phi) is 4.37. The number of rotatable bonds is 5. The highest BCUT2D eigenvalue weighted by Crippen LogP contribution is 2.54. The Morgan fingerprint density at radius 2 is 2.37 bits per heavy atom. The van der Waals surface area contributed by atoms with E-state index in [1.807, 2.05) is 6.92 Å². The van der Waals surface area contributed by atoms with Crippen LogP contribution in [0.2, 0.25) is 0 Å². The maximum absolute atomic E-state index is 12.0. The van der Waals surface area contributed by atoms with Crippen LogP contribution in [0.25, 0.3) is 11.2 Å². The molecule has 27 heavy (non-hydrogen) atoms. The normalized spacial score (nSPS) is 32.6. The SMILES string of the molecule is CC[C@@]12CCOC([C@H](n3cnc4c(=O)[nH]c(N)nc43)O1)[C@H]2OP(=O)(O)OC. The predicted molar refractivity (Wildman–Crippen MR) is 91.8 cm³/mol. The highest BCUT2D eigenvalue weighted by atomic mass is 31.2. The number of ether oxygens (including phenoxy) is 2. The van der Waals surface area contributed by atoms with E-state index in [2.05, 4.69) is 19.5 Å². The van der Waals surface area contributed by atoms with Crippen LogP contribution in [-0.4, -0.2) is 55.9 Å². The monoisotopic (exact) mass is 401 g/mol. The first kappa shape index (κ1) is 18.5. The van der Waals surface area contributed by atoms with Gasteiger partial charge in [-0.05, 0) is 6.42 Å². The van der Waals surface area contributed by atoms with Crippen molar-refractivity contribution in [3.63, 3.8) is 0 Å². The van der Waals surface area contributed by atoms with Crippen LogP contribution in [0.1, 0.15) is 26.0 Å². The molecule has 0 radical (unpaired) electrons. The number of anilines is 1. The first-order chi connectivity index (χ1) is 12.8. The lowest BCUT2D eigenvalue weighted by atomic mass is 9.87. The van der Waals surface area contributed by atoms with Gasteiger partial charge in [0.05, 0.1) is 12.9 Å². The van der Waals surface area contributed by atoms with Gasteiger partial charge in [-0.15, -0.1) is 0 Å². The third kappa shape index (κ3) is 2.89. The Labute approximate surface area is 153 Å². The van der Waals surface area contributed by atoms with Crippen molar-refractivity contribution in [1.29, 1.82) is 0 Å². The third-order valence-corrected chi connectivity index (χ3v) is 6.04. The zero-order valence-corrected chi connectivity index (χ0v) is 15.6. The topological polar surface area (TPSA) is 164 Å². The van der Waals surface area contributed by atoms with Crippen LogP contribution < -0.4 is 11.3 Å². The molecule has 2 unspecified atom stereocenters. The van der Waals surface area contributed by atoms with E-state index in [1.54, 1.807) is 0 Å². The first-order valence-corrected chi connectivity index (χ1v) is 9.88. The summed E-state index contributed by atoms with van der Waals surface area (Å²) in [6.45, 7) is 2.28. The highest BCUT2D eigenvalue weighted by molar-refractivity contribution is 7.47. The van der Waals surface area contributed by atoms with Crippen molar-refractivity contribution in [3.05, 3.63) is 16.7 Å². The summed E-state index contributed by atoms with van der Waals surface area (Å²) in [4.78, 5) is 32.4. The number of phosphoric acid groups is 1. The average Bonchev–Trinajstić information content (AvgIpc) is 3.09. The fourth-order valence-corrected chi connectivity index (χ4v) is 4.40. The molecule has 13 heteroatoms. The van der Waals surface area contributed by atoms with Crippen molar-refractivity contribution < 1.29 is 28.0 Å². The van der Waals surface area contributed by atoms with Gasteiger partial charge < -0.3 is 20.1 Å². The molecule has 0 amide bonds. The van der Waals surface area contributed by atoms with Crippen LogP contribution in [-0.2, 0) is 23.1 Å². The summed E-state index contributed by atoms with van der Waals surface area (Å²) in [7, 11) is -3.19. The molecule has 2 aromatic heterocycles. The standard InChI is InChI=1S/C14H20N5O7P/c1-3-14-4-5-24-8(9(14)26-27(21,22)23-2)12(25-14)19-6-16-7-10(19)17-13(15)18-11(7)20/h6,8-9,12H,3-5H2,1-2H3,(H,21,22)(H3,15,17,18,20)/t8?,9-,12-,14+/m1/s1. The summed E-state index contributed by atoms with van der Waals surface area (Å²) in [6.07, 6.45) is 0.0285. The number of aromatic nitrogens is 4. The van der Waals surface area contributed by atoms with E-state index in [-0.39, 0.29) is 17.1 Å². The van der Waals surface area contributed by atoms with E-state index >= 15 is 0 Å². The predicted octanol–water partition coefficient (Wildman–Crippen LogP) is 0.300. The van der Waals surface area contributed by atoms with Crippen LogP contribution in [0.3, 0.4) is 0 Å². The molecular formula is C14H20N5O7P. The molecule has 2 fully saturated rings. The molecular weight excluding hydrogens is 381 g/mol. The van der Waals surface area contributed by atoms with Gasteiger partial charge in [-0.3, -0.25) is 23.4 Å². The molecule has 2 saturated heterocycles. The van der Waals surface area contributed by atoms with E-state index in [1.165, 1.54) is 10.9 Å². The Bertz CT molecular complexity index is 976. The second kappa shape index (κ2) is 6.36. The van der Waals surface area contributed by atoms with Crippen LogP contribution >= 0.6 is 7.82 Å². The van der Waals surface area contributed by atoms with E-state index < -0.39 is 37.4 Å².